The van der Waals surface area contributed by atoms with Gasteiger partial charge in [-0.15, -0.1) is 0 Å². The lowest BCUT2D eigenvalue weighted by molar-refractivity contribution is -0.115. The van der Waals surface area contributed by atoms with Crippen molar-refractivity contribution in [2.75, 3.05) is 12.4 Å². The SMILES string of the molecule is COc1ccccc1NC(=O)C(C)Sc1nc2ccccc2c(=O)n1-c1ccccc1C. The number of thioether (sulfide) groups is 1. The number of benzene rings is 3. The van der Waals surface area contributed by atoms with E-state index in [9.17, 15) is 9.59 Å². The second-order valence-electron chi connectivity index (χ2n) is 7.29. The van der Waals surface area contributed by atoms with E-state index in [1.807, 2.05) is 61.5 Å². The highest BCUT2D eigenvalue weighted by Gasteiger charge is 2.21. The Bertz CT molecular complexity index is 1350. The molecule has 3 aromatic carbocycles. The van der Waals surface area contributed by atoms with E-state index < -0.39 is 5.25 Å². The summed E-state index contributed by atoms with van der Waals surface area (Å²) in [6, 6.07) is 22.1. The van der Waals surface area contributed by atoms with Crippen LogP contribution in [0.15, 0.2) is 82.7 Å². The largest absolute Gasteiger partial charge is 0.495 e. The van der Waals surface area contributed by atoms with Gasteiger partial charge in [0.25, 0.3) is 5.56 Å². The highest BCUT2D eigenvalue weighted by atomic mass is 32.2. The third-order valence-electron chi connectivity index (χ3n) is 5.12. The molecule has 0 spiro atoms. The van der Waals surface area contributed by atoms with Crippen LogP contribution >= 0.6 is 11.8 Å². The molecule has 1 N–H and O–H groups in total. The van der Waals surface area contributed by atoms with Gasteiger partial charge in [-0.25, -0.2) is 4.98 Å². The molecule has 7 heteroatoms. The lowest BCUT2D eigenvalue weighted by Gasteiger charge is -2.18. The Morgan fingerprint density at radius 3 is 2.50 bits per heavy atom. The first-order valence-corrected chi connectivity index (χ1v) is 11.1. The fourth-order valence-corrected chi connectivity index (χ4v) is 4.33. The van der Waals surface area contributed by atoms with Crippen molar-refractivity contribution in [1.82, 2.24) is 9.55 Å². The predicted molar refractivity (Wildman–Crippen MR) is 129 cm³/mol. The number of anilines is 1. The van der Waals surface area contributed by atoms with Crippen LogP contribution in [-0.2, 0) is 4.79 Å². The number of hydrogen-bond acceptors (Lipinski definition) is 5. The monoisotopic (exact) mass is 445 g/mol. The number of rotatable bonds is 6. The van der Waals surface area contributed by atoms with E-state index >= 15 is 0 Å². The summed E-state index contributed by atoms with van der Waals surface area (Å²) >= 11 is 1.24. The maximum Gasteiger partial charge on any atom is 0.266 e. The van der Waals surface area contributed by atoms with Gasteiger partial charge in [0, 0.05) is 0 Å². The van der Waals surface area contributed by atoms with E-state index in [0.717, 1.165) is 11.3 Å². The molecule has 0 aliphatic carbocycles. The van der Waals surface area contributed by atoms with Crippen molar-refractivity contribution in [1.29, 1.82) is 0 Å². The van der Waals surface area contributed by atoms with Crippen LogP contribution in [0.3, 0.4) is 0 Å². The smallest absolute Gasteiger partial charge is 0.266 e. The third-order valence-corrected chi connectivity index (χ3v) is 6.17. The summed E-state index contributed by atoms with van der Waals surface area (Å²) in [7, 11) is 1.56. The van der Waals surface area contributed by atoms with Crippen LogP contribution in [-0.4, -0.2) is 27.8 Å². The van der Waals surface area contributed by atoms with Crippen LogP contribution < -0.4 is 15.6 Å². The summed E-state index contributed by atoms with van der Waals surface area (Å²) in [5.41, 5.74) is 2.72. The van der Waals surface area contributed by atoms with Gasteiger partial charge in [-0.3, -0.25) is 14.2 Å². The Morgan fingerprint density at radius 2 is 1.72 bits per heavy atom. The molecule has 4 aromatic rings. The van der Waals surface area contributed by atoms with Crippen molar-refractivity contribution >= 4 is 34.3 Å². The zero-order valence-electron chi connectivity index (χ0n) is 18.0. The molecule has 0 bridgehead atoms. The maximum atomic E-state index is 13.4. The van der Waals surface area contributed by atoms with E-state index in [1.54, 1.807) is 36.8 Å². The lowest BCUT2D eigenvalue weighted by atomic mass is 10.2. The van der Waals surface area contributed by atoms with E-state index in [-0.39, 0.29) is 11.5 Å². The summed E-state index contributed by atoms with van der Waals surface area (Å²) < 4.78 is 6.91. The molecule has 6 nitrogen and oxygen atoms in total. The van der Waals surface area contributed by atoms with Gasteiger partial charge in [-0.1, -0.05) is 54.2 Å². The first-order chi connectivity index (χ1) is 15.5. The fraction of sp³-hybridized carbons (Fsp3) is 0.160. The minimum Gasteiger partial charge on any atom is -0.495 e. The van der Waals surface area contributed by atoms with Crippen LogP contribution in [0, 0.1) is 6.92 Å². The van der Waals surface area contributed by atoms with E-state index in [4.69, 9.17) is 9.72 Å². The van der Waals surface area contributed by atoms with Gasteiger partial charge in [0.1, 0.15) is 5.75 Å². The molecule has 0 saturated heterocycles. The van der Waals surface area contributed by atoms with Crippen molar-refractivity contribution in [2.24, 2.45) is 0 Å². The molecule has 0 radical (unpaired) electrons. The number of aryl methyl sites for hydroxylation is 1. The number of nitrogens with zero attached hydrogens (tertiary/aromatic N) is 2. The second kappa shape index (κ2) is 9.28. The highest BCUT2D eigenvalue weighted by Crippen LogP contribution is 2.28. The molecule has 0 fully saturated rings. The summed E-state index contributed by atoms with van der Waals surface area (Å²) in [6.45, 7) is 3.74. The minimum atomic E-state index is -0.511. The zero-order chi connectivity index (χ0) is 22.7. The molecule has 1 heterocycles. The van der Waals surface area contributed by atoms with Crippen molar-refractivity contribution in [3.05, 3.63) is 88.7 Å². The molecule has 1 aromatic heterocycles. The Morgan fingerprint density at radius 1 is 1.03 bits per heavy atom. The van der Waals surface area contributed by atoms with Crippen molar-refractivity contribution in [2.45, 2.75) is 24.3 Å². The summed E-state index contributed by atoms with van der Waals surface area (Å²) in [6.07, 6.45) is 0. The number of aromatic nitrogens is 2. The van der Waals surface area contributed by atoms with E-state index in [1.165, 1.54) is 11.8 Å². The van der Waals surface area contributed by atoms with Gasteiger partial charge in [0.05, 0.1) is 34.6 Å². The molecule has 0 aliphatic rings. The van der Waals surface area contributed by atoms with Gasteiger partial charge in [0.2, 0.25) is 5.91 Å². The number of amides is 1. The maximum absolute atomic E-state index is 13.4. The predicted octanol–water partition coefficient (Wildman–Crippen LogP) is 4.82. The first-order valence-electron chi connectivity index (χ1n) is 10.2. The molecule has 1 unspecified atom stereocenters. The fourth-order valence-electron chi connectivity index (χ4n) is 3.41. The molecule has 0 aliphatic heterocycles. The van der Waals surface area contributed by atoms with Crippen LogP contribution in [0.25, 0.3) is 16.6 Å². The Hall–Kier alpha value is -3.58. The standard InChI is InChI=1S/C25H23N3O3S/c1-16-10-4-8-14-21(16)28-24(30)18-11-5-6-12-19(18)27-25(28)32-17(2)23(29)26-20-13-7-9-15-22(20)31-3/h4-15,17H,1-3H3,(H,26,29). The summed E-state index contributed by atoms with van der Waals surface area (Å²) in [4.78, 5) is 31.1. The van der Waals surface area contributed by atoms with Crippen LogP contribution in [0.1, 0.15) is 12.5 Å². The Labute approximate surface area is 190 Å². The number of carbonyl (C=O) groups is 1. The number of ether oxygens (including phenoxy) is 1. The Balaban J connectivity index is 1.73. The topological polar surface area (TPSA) is 73.2 Å². The molecule has 1 amide bonds. The molecule has 1 atom stereocenters. The summed E-state index contributed by atoms with van der Waals surface area (Å²) in [5, 5.41) is 3.39. The Kier molecular flexibility index (Phi) is 6.28. The number of hydrogen-bond donors (Lipinski definition) is 1. The van der Waals surface area contributed by atoms with E-state index in [2.05, 4.69) is 5.32 Å². The zero-order valence-corrected chi connectivity index (χ0v) is 18.8. The average molecular weight is 446 g/mol. The van der Waals surface area contributed by atoms with Crippen LogP contribution in [0.2, 0.25) is 0 Å². The average Bonchev–Trinajstić information content (AvgIpc) is 2.80. The van der Waals surface area contributed by atoms with Crippen LogP contribution in [0.5, 0.6) is 5.75 Å². The van der Waals surface area contributed by atoms with E-state index in [0.29, 0.717) is 27.5 Å². The first kappa shape index (κ1) is 21.6. The number of methoxy groups -OCH3 is 1. The van der Waals surface area contributed by atoms with Gasteiger partial charge in [0.15, 0.2) is 5.16 Å². The molecule has 32 heavy (non-hydrogen) atoms. The second-order valence-corrected chi connectivity index (χ2v) is 8.60. The molecule has 162 valence electrons. The van der Waals surface area contributed by atoms with Crippen molar-refractivity contribution in [3.63, 3.8) is 0 Å². The van der Waals surface area contributed by atoms with Crippen molar-refractivity contribution < 1.29 is 9.53 Å². The van der Waals surface area contributed by atoms with Crippen LogP contribution in [0.4, 0.5) is 5.69 Å². The number of carbonyl (C=O) groups excluding carboxylic acids is 1. The quantitative estimate of drug-likeness (QED) is 0.340. The third kappa shape index (κ3) is 4.24. The molecule has 0 saturated carbocycles. The highest BCUT2D eigenvalue weighted by molar-refractivity contribution is 8.00. The number of para-hydroxylation sites is 4. The molecular formula is C25H23N3O3S. The lowest BCUT2D eigenvalue weighted by Crippen LogP contribution is -2.26. The summed E-state index contributed by atoms with van der Waals surface area (Å²) in [5.74, 6) is 0.372. The minimum absolute atomic E-state index is 0.162. The molecular weight excluding hydrogens is 422 g/mol. The number of fused-ring (bicyclic) bond motifs is 1. The van der Waals surface area contributed by atoms with Crippen molar-refractivity contribution in [3.8, 4) is 11.4 Å². The van der Waals surface area contributed by atoms with Gasteiger partial charge >= 0.3 is 0 Å². The van der Waals surface area contributed by atoms with Gasteiger partial charge in [-0.05, 0) is 49.7 Å². The normalized spacial score (nSPS) is 11.8. The number of nitrogens with one attached hydrogen (secondary N) is 1. The van der Waals surface area contributed by atoms with Gasteiger partial charge < -0.3 is 10.1 Å². The van der Waals surface area contributed by atoms with Gasteiger partial charge in [-0.2, -0.15) is 0 Å². The molecule has 4 rings (SSSR count).